The number of rotatable bonds is 4. The van der Waals surface area contributed by atoms with Gasteiger partial charge in [0.1, 0.15) is 5.52 Å². The third kappa shape index (κ3) is 3.91. The molecule has 0 saturated heterocycles. The molecule has 0 spiro atoms. The van der Waals surface area contributed by atoms with E-state index in [9.17, 15) is 4.79 Å². The quantitative estimate of drug-likeness (QED) is 0.712. The van der Waals surface area contributed by atoms with Crippen molar-refractivity contribution in [2.45, 2.75) is 33.2 Å². The summed E-state index contributed by atoms with van der Waals surface area (Å²) < 4.78 is 0. The minimum Gasteiger partial charge on any atom is -0.336 e. The molecule has 0 saturated carbocycles. The van der Waals surface area contributed by atoms with Crippen LogP contribution in [0.1, 0.15) is 26.3 Å². The summed E-state index contributed by atoms with van der Waals surface area (Å²) in [5, 5.41) is 14.9. The van der Waals surface area contributed by atoms with Crippen LogP contribution in [0, 0.1) is 0 Å². The molecule has 6 nitrogen and oxygen atoms in total. The number of pyridine rings is 1. The first-order valence-corrected chi connectivity index (χ1v) is 8.83. The lowest BCUT2D eigenvalue weighted by atomic mass is 9.99. The number of hydrogen-bond acceptors (Lipinski definition) is 4. The molecule has 0 aliphatic carbocycles. The maximum absolute atomic E-state index is 11.9. The lowest BCUT2D eigenvalue weighted by Crippen LogP contribution is -2.34. The minimum absolute atomic E-state index is 0.0301. The molecule has 0 aliphatic rings. The van der Waals surface area contributed by atoms with Gasteiger partial charge in [-0.15, -0.1) is 10.2 Å². The van der Waals surface area contributed by atoms with Crippen LogP contribution in [0.2, 0.25) is 5.02 Å². The molecule has 2 aromatic heterocycles. The van der Waals surface area contributed by atoms with Gasteiger partial charge in [-0.25, -0.2) is 4.79 Å². The minimum atomic E-state index is -0.323. The SMILES string of the molecule is CCc1ccncc1-c1cc(Cl)c2nnc(NC(=O)NC(C)C)cc2c1. The molecule has 0 unspecified atom stereocenters. The number of nitrogens with zero attached hydrogens (tertiary/aromatic N) is 3. The van der Waals surface area contributed by atoms with E-state index in [1.54, 1.807) is 12.3 Å². The Morgan fingerprint density at radius 2 is 2.04 bits per heavy atom. The Kier molecular flexibility index (Phi) is 5.32. The number of carbonyl (C=O) groups is 1. The summed E-state index contributed by atoms with van der Waals surface area (Å²) >= 11 is 6.41. The molecule has 7 heteroatoms. The van der Waals surface area contributed by atoms with Gasteiger partial charge in [0, 0.05) is 29.4 Å². The number of aromatic nitrogens is 3. The second kappa shape index (κ2) is 7.66. The van der Waals surface area contributed by atoms with E-state index >= 15 is 0 Å². The van der Waals surface area contributed by atoms with Crippen LogP contribution < -0.4 is 10.6 Å². The van der Waals surface area contributed by atoms with Crippen molar-refractivity contribution in [2.24, 2.45) is 0 Å². The van der Waals surface area contributed by atoms with Crippen molar-refractivity contribution in [1.29, 1.82) is 0 Å². The van der Waals surface area contributed by atoms with Gasteiger partial charge in [-0.2, -0.15) is 0 Å². The normalized spacial score (nSPS) is 11.0. The van der Waals surface area contributed by atoms with Crippen LogP contribution in [0.3, 0.4) is 0 Å². The van der Waals surface area contributed by atoms with E-state index in [0.29, 0.717) is 16.4 Å². The number of fused-ring (bicyclic) bond motifs is 1. The topological polar surface area (TPSA) is 79.8 Å². The summed E-state index contributed by atoms with van der Waals surface area (Å²) in [5.41, 5.74) is 3.76. The summed E-state index contributed by atoms with van der Waals surface area (Å²) in [7, 11) is 0. The van der Waals surface area contributed by atoms with Gasteiger partial charge in [0.05, 0.1) is 5.02 Å². The van der Waals surface area contributed by atoms with E-state index in [4.69, 9.17) is 11.6 Å². The molecule has 0 bridgehead atoms. The number of halogens is 1. The Morgan fingerprint density at radius 1 is 1.23 bits per heavy atom. The zero-order valence-corrected chi connectivity index (χ0v) is 15.6. The standard InChI is InChI=1S/C19H20ClN5O/c1-4-12-5-6-21-10-15(12)13-7-14-9-17(23-19(26)22-11(2)3)24-25-18(14)16(20)8-13/h5-11H,4H2,1-3H3,(H2,22,23,24,26). The molecule has 3 aromatic rings. The maximum atomic E-state index is 11.9. The molecule has 134 valence electrons. The van der Waals surface area contributed by atoms with Crippen LogP contribution in [0.25, 0.3) is 22.0 Å². The Labute approximate surface area is 157 Å². The van der Waals surface area contributed by atoms with Crippen molar-refractivity contribution in [3.8, 4) is 11.1 Å². The van der Waals surface area contributed by atoms with Gasteiger partial charge in [0.2, 0.25) is 0 Å². The smallest absolute Gasteiger partial charge is 0.320 e. The molecular weight excluding hydrogens is 350 g/mol. The Morgan fingerprint density at radius 3 is 2.77 bits per heavy atom. The molecule has 2 N–H and O–H groups in total. The lowest BCUT2D eigenvalue weighted by molar-refractivity contribution is 0.250. The second-order valence-corrected chi connectivity index (χ2v) is 6.67. The predicted molar refractivity (Wildman–Crippen MR) is 104 cm³/mol. The van der Waals surface area contributed by atoms with Gasteiger partial charge in [-0.1, -0.05) is 18.5 Å². The van der Waals surface area contributed by atoms with Crippen molar-refractivity contribution >= 4 is 34.4 Å². The van der Waals surface area contributed by atoms with Crippen molar-refractivity contribution in [3.05, 3.63) is 47.2 Å². The Bertz CT molecular complexity index is 958. The number of benzene rings is 1. The van der Waals surface area contributed by atoms with Crippen LogP contribution in [0.4, 0.5) is 10.6 Å². The zero-order chi connectivity index (χ0) is 18.7. The van der Waals surface area contributed by atoms with Gasteiger partial charge >= 0.3 is 6.03 Å². The average Bonchev–Trinajstić information content (AvgIpc) is 2.60. The fourth-order valence-corrected chi connectivity index (χ4v) is 3.00. The van der Waals surface area contributed by atoms with Gasteiger partial charge in [-0.3, -0.25) is 10.3 Å². The number of hydrogen-bond donors (Lipinski definition) is 2. The summed E-state index contributed by atoms with van der Waals surface area (Å²) in [5.74, 6) is 0.366. The first kappa shape index (κ1) is 18.1. The zero-order valence-electron chi connectivity index (χ0n) is 14.9. The number of amides is 2. The number of anilines is 1. The first-order valence-electron chi connectivity index (χ1n) is 8.45. The highest BCUT2D eigenvalue weighted by molar-refractivity contribution is 6.35. The molecule has 0 fully saturated rings. The predicted octanol–water partition coefficient (Wildman–Crippen LogP) is 4.44. The first-order chi connectivity index (χ1) is 12.5. The summed E-state index contributed by atoms with van der Waals surface area (Å²) in [6.07, 6.45) is 4.51. The monoisotopic (exact) mass is 369 g/mol. The van der Waals surface area contributed by atoms with Gasteiger partial charge < -0.3 is 5.32 Å². The van der Waals surface area contributed by atoms with Gasteiger partial charge in [0.25, 0.3) is 0 Å². The van der Waals surface area contributed by atoms with E-state index in [1.165, 1.54) is 5.56 Å². The third-order valence-corrected chi connectivity index (χ3v) is 4.20. The van der Waals surface area contributed by atoms with E-state index in [1.807, 2.05) is 38.2 Å². The largest absolute Gasteiger partial charge is 0.336 e. The highest BCUT2D eigenvalue weighted by Gasteiger charge is 2.11. The third-order valence-electron chi connectivity index (χ3n) is 3.91. The maximum Gasteiger partial charge on any atom is 0.320 e. The molecule has 0 atom stereocenters. The molecule has 1 aromatic carbocycles. The Hall–Kier alpha value is -2.73. The van der Waals surface area contributed by atoms with E-state index in [2.05, 4.69) is 32.7 Å². The van der Waals surface area contributed by atoms with E-state index < -0.39 is 0 Å². The van der Waals surface area contributed by atoms with E-state index in [0.717, 1.165) is 22.9 Å². The highest BCUT2D eigenvalue weighted by Crippen LogP contribution is 2.31. The second-order valence-electron chi connectivity index (χ2n) is 6.27. The Balaban J connectivity index is 2.02. The molecular formula is C19H20ClN5O. The molecule has 2 heterocycles. The van der Waals surface area contributed by atoms with Crippen LogP contribution in [-0.4, -0.2) is 27.3 Å². The van der Waals surface area contributed by atoms with Crippen LogP contribution >= 0.6 is 11.6 Å². The van der Waals surface area contributed by atoms with Crippen molar-refractivity contribution in [1.82, 2.24) is 20.5 Å². The van der Waals surface area contributed by atoms with Crippen molar-refractivity contribution in [3.63, 3.8) is 0 Å². The molecule has 3 rings (SSSR count). The summed E-state index contributed by atoms with van der Waals surface area (Å²) in [4.78, 5) is 16.1. The van der Waals surface area contributed by atoms with E-state index in [-0.39, 0.29) is 12.1 Å². The van der Waals surface area contributed by atoms with Crippen molar-refractivity contribution < 1.29 is 4.79 Å². The van der Waals surface area contributed by atoms with Crippen LogP contribution in [0.5, 0.6) is 0 Å². The summed E-state index contributed by atoms with van der Waals surface area (Å²) in [6.45, 7) is 5.87. The van der Waals surface area contributed by atoms with Crippen LogP contribution in [-0.2, 0) is 6.42 Å². The number of urea groups is 1. The summed E-state index contributed by atoms with van der Waals surface area (Å²) in [6, 6.07) is 7.32. The molecule has 2 amide bonds. The molecule has 26 heavy (non-hydrogen) atoms. The number of carbonyl (C=O) groups excluding carboxylic acids is 1. The average molecular weight is 370 g/mol. The fourth-order valence-electron chi connectivity index (χ4n) is 2.74. The van der Waals surface area contributed by atoms with Gasteiger partial charge in [-0.05, 0) is 55.7 Å². The van der Waals surface area contributed by atoms with Crippen LogP contribution in [0.15, 0.2) is 36.7 Å². The highest BCUT2D eigenvalue weighted by atomic mass is 35.5. The number of nitrogens with one attached hydrogen (secondary N) is 2. The lowest BCUT2D eigenvalue weighted by Gasteiger charge is -2.11. The molecule has 0 radical (unpaired) electrons. The molecule has 0 aliphatic heterocycles. The van der Waals surface area contributed by atoms with Gasteiger partial charge in [0.15, 0.2) is 5.82 Å². The van der Waals surface area contributed by atoms with Crippen molar-refractivity contribution in [2.75, 3.05) is 5.32 Å². The fraction of sp³-hybridized carbons (Fsp3) is 0.263. The number of aryl methyl sites for hydroxylation is 1.